The van der Waals surface area contributed by atoms with Gasteiger partial charge in [0.25, 0.3) is 5.91 Å². The molecule has 0 spiro atoms. The molecule has 0 fully saturated rings. The van der Waals surface area contributed by atoms with Gasteiger partial charge in [0.05, 0.1) is 0 Å². The van der Waals surface area contributed by atoms with Crippen LogP contribution in [0.5, 0.6) is 5.75 Å². The molecule has 4 heteroatoms. The molecule has 1 unspecified atom stereocenters. The van der Waals surface area contributed by atoms with Crippen molar-refractivity contribution in [2.45, 2.75) is 26.5 Å². The maximum absolute atomic E-state index is 12.0. The molecular formula is C17H18ClNO2. The zero-order valence-corrected chi connectivity index (χ0v) is 12.9. The topological polar surface area (TPSA) is 38.3 Å². The zero-order valence-electron chi connectivity index (χ0n) is 12.1. The summed E-state index contributed by atoms with van der Waals surface area (Å²) in [6.45, 7) is 4.23. The number of amides is 1. The van der Waals surface area contributed by atoms with Gasteiger partial charge < -0.3 is 10.1 Å². The number of rotatable bonds is 5. The van der Waals surface area contributed by atoms with Crippen molar-refractivity contribution in [1.82, 2.24) is 5.32 Å². The summed E-state index contributed by atoms with van der Waals surface area (Å²) in [4.78, 5) is 12.0. The quantitative estimate of drug-likeness (QED) is 0.914. The summed E-state index contributed by atoms with van der Waals surface area (Å²) in [6, 6.07) is 15.0. The first-order chi connectivity index (χ1) is 10.0. The van der Waals surface area contributed by atoms with Crippen molar-refractivity contribution in [3.8, 4) is 5.75 Å². The van der Waals surface area contributed by atoms with Gasteiger partial charge in [0, 0.05) is 11.6 Å². The first-order valence-electron chi connectivity index (χ1n) is 6.80. The van der Waals surface area contributed by atoms with Crippen LogP contribution >= 0.6 is 11.6 Å². The number of aryl methyl sites for hydroxylation is 1. The third kappa shape index (κ3) is 4.80. The summed E-state index contributed by atoms with van der Waals surface area (Å²) in [5.41, 5.74) is 2.24. The van der Waals surface area contributed by atoms with Crippen molar-refractivity contribution >= 4 is 17.5 Å². The van der Waals surface area contributed by atoms with Crippen LogP contribution in [0, 0.1) is 6.92 Å². The lowest BCUT2D eigenvalue weighted by Crippen LogP contribution is -2.35. The van der Waals surface area contributed by atoms with E-state index in [1.54, 1.807) is 31.2 Å². The largest absolute Gasteiger partial charge is 0.481 e. The lowest BCUT2D eigenvalue weighted by Gasteiger charge is -2.15. The number of benzene rings is 2. The van der Waals surface area contributed by atoms with Gasteiger partial charge in [-0.15, -0.1) is 0 Å². The molecule has 1 amide bonds. The van der Waals surface area contributed by atoms with Crippen molar-refractivity contribution in [2.75, 3.05) is 0 Å². The lowest BCUT2D eigenvalue weighted by atomic mass is 10.1. The molecule has 3 nitrogen and oxygen atoms in total. The van der Waals surface area contributed by atoms with E-state index >= 15 is 0 Å². The molecule has 0 aliphatic carbocycles. The van der Waals surface area contributed by atoms with Crippen LogP contribution in [0.2, 0.25) is 5.02 Å². The van der Waals surface area contributed by atoms with E-state index in [0.717, 1.165) is 5.56 Å². The highest BCUT2D eigenvalue weighted by Gasteiger charge is 2.14. The van der Waals surface area contributed by atoms with Crippen LogP contribution in [0.4, 0.5) is 0 Å². The van der Waals surface area contributed by atoms with Crippen molar-refractivity contribution in [1.29, 1.82) is 0 Å². The Bertz CT molecular complexity index is 628. The molecule has 0 heterocycles. The van der Waals surface area contributed by atoms with Crippen LogP contribution in [0.3, 0.4) is 0 Å². The van der Waals surface area contributed by atoms with E-state index in [4.69, 9.17) is 16.3 Å². The van der Waals surface area contributed by atoms with E-state index in [9.17, 15) is 4.79 Å². The minimum absolute atomic E-state index is 0.156. The average molecular weight is 304 g/mol. The number of nitrogens with one attached hydrogen (secondary N) is 1. The van der Waals surface area contributed by atoms with Gasteiger partial charge in [0.15, 0.2) is 6.10 Å². The Kier molecular flexibility index (Phi) is 5.23. The third-order valence-electron chi connectivity index (χ3n) is 3.03. The smallest absolute Gasteiger partial charge is 0.261 e. The van der Waals surface area contributed by atoms with Crippen LogP contribution in [-0.4, -0.2) is 12.0 Å². The van der Waals surface area contributed by atoms with E-state index in [0.29, 0.717) is 17.3 Å². The maximum atomic E-state index is 12.0. The van der Waals surface area contributed by atoms with Crippen molar-refractivity contribution in [3.63, 3.8) is 0 Å². The summed E-state index contributed by atoms with van der Waals surface area (Å²) in [7, 11) is 0. The Balaban J connectivity index is 1.88. The second-order valence-electron chi connectivity index (χ2n) is 4.92. The number of carbonyl (C=O) groups excluding carboxylic acids is 1. The molecule has 0 saturated carbocycles. The Morgan fingerprint density at radius 2 is 2.00 bits per heavy atom. The van der Waals surface area contributed by atoms with Crippen molar-refractivity contribution in [2.24, 2.45) is 0 Å². The minimum Gasteiger partial charge on any atom is -0.481 e. The molecule has 21 heavy (non-hydrogen) atoms. The lowest BCUT2D eigenvalue weighted by molar-refractivity contribution is -0.127. The minimum atomic E-state index is -0.576. The third-order valence-corrected chi connectivity index (χ3v) is 3.26. The van der Waals surface area contributed by atoms with Gasteiger partial charge in [0.1, 0.15) is 5.75 Å². The van der Waals surface area contributed by atoms with E-state index in [-0.39, 0.29) is 5.91 Å². The predicted molar refractivity (Wildman–Crippen MR) is 84.6 cm³/mol. The fourth-order valence-electron chi connectivity index (χ4n) is 1.95. The van der Waals surface area contributed by atoms with Gasteiger partial charge in [-0.3, -0.25) is 4.79 Å². The highest BCUT2D eigenvalue weighted by Crippen LogP contribution is 2.18. The molecule has 2 aromatic carbocycles. The first-order valence-corrected chi connectivity index (χ1v) is 7.18. The number of ether oxygens (including phenoxy) is 1. The van der Waals surface area contributed by atoms with Gasteiger partial charge in [-0.25, -0.2) is 0 Å². The highest BCUT2D eigenvalue weighted by molar-refractivity contribution is 6.30. The first kappa shape index (κ1) is 15.4. The van der Waals surface area contributed by atoms with Crippen molar-refractivity contribution in [3.05, 3.63) is 64.7 Å². The Labute approximate surface area is 129 Å². The molecule has 1 N–H and O–H groups in total. The molecule has 0 bridgehead atoms. The van der Waals surface area contributed by atoms with Crippen LogP contribution in [0.1, 0.15) is 18.1 Å². The monoisotopic (exact) mass is 303 g/mol. The van der Waals surface area contributed by atoms with E-state index in [2.05, 4.69) is 5.32 Å². The Hall–Kier alpha value is -2.00. The van der Waals surface area contributed by atoms with Gasteiger partial charge >= 0.3 is 0 Å². The Morgan fingerprint density at radius 3 is 2.71 bits per heavy atom. The highest BCUT2D eigenvalue weighted by atomic mass is 35.5. The molecule has 2 aromatic rings. The normalized spacial score (nSPS) is 11.8. The number of carbonyl (C=O) groups is 1. The number of halogens is 1. The fourth-order valence-corrected chi connectivity index (χ4v) is 2.13. The van der Waals surface area contributed by atoms with E-state index in [1.807, 2.05) is 31.2 Å². The van der Waals surface area contributed by atoms with Crippen molar-refractivity contribution < 1.29 is 9.53 Å². The number of hydrogen-bond donors (Lipinski definition) is 1. The standard InChI is InChI=1S/C17H18ClNO2/c1-12-5-3-6-14(9-12)11-19-17(20)13(2)21-16-8-4-7-15(18)10-16/h3-10,13H,11H2,1-2H3,(H,19,20). The van der Waals surface area contributed by atoms with Gasteiger partial charge in [-0.05, 0) is 37.6 Å². The SMILES string of the molecule is Cc1cccc(CNC(=O)C(C)Oc2cccc(Cl)c2)c1. The molecule has 0 saturated heterocycles. The summed E-state index contributed by atoms with van der Waals surface area (Å²) in [5, 5.41) is 3.45. The average Bonchev–Trinajstić information content (AvgIpc) is 2.45. The second kappa shape index (κ2) is 7.14. The van der Waals surface area contributed by atoms with Crippen LogP contribution < -0.4 is 10.1 Å². The fraction of sp³-hybridized carbons (Fsp3) is 0.235. The molecular weight excluding hydrogens is 286 g/mol. The van der Waals surface area contributed by atoms with Gasteiger partial charge in [0.2, 0.25) is 0 Å². The van der Waals surface area contributed by atoms with Gasteiger partial charge in [-0.2, -0.15) is 0 Å². The van der Waals surface area contributed by atoms with Gasteiger partial charge in [-0.1, -0.05) is 47.5 Å². The second-order valence-corrected chi connectivity index (χ2v) is 5.36. The summed E-state index contributed by atoms with van der Waals surface area (Å²) in [6.07, 6.45) is -0.576. The summed E-state index contributed by atoms with van der Waals surface area (Å²) in [5.74, 6) is 0.428. The summed E-state index contributed by atoms with van der Waals surface area (Å²) >= 11 is 5.88. The molecule has 0 aliphatic rings. The number of hydrogen-bond acceptors (Lipinski definition) is 2. The maximum Gasteiger partial charge on any atom is 0.261 e. The molecule has 0 radical (unpaired) electrons. The zero-order chi connectivity index (χ0) is 15.2. The van der Waals surface area contributed by atoms with E-state index in [1.165, 1.54) is 5.56 Å². The molecule has 0 aromatic heterocycles. The predicted octanol–water partition coefficient (Wildman–Crippen LogP) is 3.73. The van der Waals surface area contributed by atoms with Crippen LogP contribution in [0.15, 0.2) is 48.5 Å². The molecule has 1 atom stereocenters. The molecule has 110 valence electrons. The Morgan fingerprint density at radius 1 is 1.24 bits per heavy atom. The summed E-state index contributed by atoms with van der Waals surface area (Å²) < 4.78 is 5.57. The van der Waals surface area contributed by atoms with E-state index < -0.39 is 6.10 Å². The van der Waals surface area contributed by atoms with Crippen LogP contribution in [0.25, 0.3) is 0 Å². The molecule has 2 rings (SSSR count). The molecule has 0 aliphatic heterocycles. The van der Waals surface area contributed by atoms with Crippen LogP contribution in [-0.2, 0) is 11.3 Å².